The monoisotopic (exact) mass is 347 g/mol. The van der Waals surface area contributed by atoms with Crippen molar-refractivity contribution in [3.05, 3.63) is 47.9 Å². The maximum Gasteiger partial charge on any atom is 0.199 e. The van der Waals surface area contributed by atoms with E-state index in [-0.39, 0.29) is 0 Å². The van der Waals surface area contributed by atoms with Gasteiger partial charge in [-0.15, -0.1) is 6.42 Å². The number of likely N-dealkylation sites (tertiary alicyclic amines) is 1. The lowest BCUT2D eigenvalue weighted by Crippen LogP contribution is -2.32. The molecule has 132 valence electrons. The van der Waals surface area contributed by atoms with Crippen LogP contribution in [-0.2, 0) is 6.54 Å². The molecule has 0 aliphatic carbocycles. The van der Waals surface area contributed by atoms with Crippen LogP contribution in [0.2, 0.25) is 0 Å². The van der Waals surface area contributed by atoms with Crippen LogP contribution in [0.3, 0.4) is 0 Å². The minimum atomic E-state index is 0.305. The Morgan fingerprint density at radius 3 is 2.69 bits per heavy atom. The molecular formula is C20H21N5O. The van der Waals surface area contributed by atoms with Crippen LogP contribution < -0.4 is 4.74 Å². The van der Waals surface area contributed by atoms with Crippen molar-refractivity contribution in [1.82, 2.24) is 25.1 Å². The summed E-state index contributed by atoms with van der Waals surface area (Å²) < 4.78 is 5.42. The van der Waals surface area contributed by atoms with Gasteiger partial charge in [-0.2, -0.15) is 5.10 Å². The van der Waals surface area contributed by atoms with Crippen LogP contribution in [0.1, 0.15) is 30.0 Å². The number of benzene rings is 1. The number of nitrogens with zero attached hydrogens (tertiary/aromatic N) is 4. The lowest BCUT2D eigenvalue weighted by Gasteiger charge is -2.31. The average molecular weight is 347 g/mol. The van der Waals surface area contributed by atoms with Crippen molar-refractivity contribution in [2.75, 3.05) is 19.7 Å². The summed E-state index contributed by atoms with van der Waals surface area (Å²) in [5.41, 5.74) is 4.03. The molecule has 4 rings (SSSR count). The predicted octanol–water partition coefficient (Wildman–Crippen LogP) is 2.74. The van der Waals surface area contributed by atoms with Gasteiger partial charge in [-0.3, -0.25) is 10.00 Å². The van der Waals surface area contributed by atoms with Gasteiger partial charge in [-0.25, -0.2) is 9.97 Å². The number of nitrogens with one attached hydrogen (secondary N) is 1. The van der Waals surface area contributed by atoms with Gasteiger partial charge in [0.15, 0.2) is 5.65 Å². The SMILES string of the molecule is C#CCOc1ccc(CN2CCC(c3[nH]nc4nccnc34)CC2)cc1. The Labute approximate surface area is 152 Å². The van der Waals surface area contributed by atoms with Crippen LogP contribution >= 0.6 is 0 Å². The zero-order chi connectivity index (χ0) is 17.8. The fourth-order valence-corrected chi connectivity index (χ4v) is 3.51. The summed E-state index contributed by atoms with van der Waals surface area (Å²) in [6.07, 6.45) is 10.8. The molecule has 1 aliphatic heterocycles. The van der Waals surface area contributed by atoms with E-state index in [2.05, 4.69) is 43.1 Å². The molecule has 6 heteroatoms. The Kier molecular flexibility index (Phi) is 4.80. The molecule has 0 amide bonds. The zero-order valence-corrected chi connectivity index (χ0v) is 14.6. The predicted molar refractivity (Wildman–Crippen MR) is 99.7 cm³/mol. The minimum absolute atomic E-state index is 0.305. The van der Waals surface area contributed by atoms with Crippen molar-refractivity contribution in [1.29, 1.82) is 0 Å². The Morgan fingerprint density at radius 2 is 1.92 bits per heavy atom. The first-order chi connectivity index (χ1) is 12.8. The molecule has 26 heavy (non-hydrogen) atoms. The summed E-state index contributed by atoms with van der Waals surface area (Å²) in [5.74, 6) is 3.76. The highest BCUT2D eigenvalue weighted by Gasteiger charge is 2.24. The molecule has 2 aromatic heterocycles. The van der Waals surface area contributed by atoms with Crippen LogP contribution in [0.25, 0.3) is 11.2 Å². The molecule has 1 N–H and O–H groups in total. The molecule has 1 fully saturated rings. The minimum Gasteiger partial charge on any atom is -0.481 e. The number of piperidine rings is 1. The number of ether oxygens (including phenoxy) is 1. The fraction of sp³-hybridized carbons (Fsp3) is 0.350. The highest BCUT2D eigenvalue weighted by atomic mass is 16.5. The third-order valence-corrected chi connectivity index (χ3v) is 4.86. The Balaban J connectivity index is 1.34. The summed E-state index contributed by atoms with van der Waals surface area (Å²) in [5, 5.41) is 7.42. The molecule has 0 unspecified atom stereocenters. The van der Waals surface area contributed by atoms with Crippen LogP contribution in [-0.4, -0.2) is 44.8 Å². The molecule has 6 nitrogen and oxygen atoms in total. The molecule has 0 saturated carbocycles. The number of fused-ring (bicyclic) bond motifs is 1. The molecule has 1 aromatic carbocycles. The van der Waals surface area contributed by atoms with E-state index in [4.69, 9.17) is 11.2 Å². The lowest BCUT2D eigenvalue weighted by atomic mass is 9.93. The maximum absolute atomic E-state index is 5.42. The number of aromatic amines is 1. The van der Waals surface area contributed by atoms with Crippen LogP contribution in [0, 0.1) is 12.3 Å². The van der Waals surface area contributed by atoms with E-state index >= 15 is 0 Å². The maximum atomic E-state index is 5.42. The van der Waals surface area contributed by atoms with Crippen molar-refractivity contribution in [2.45, 2.75) is 25.3 Å². The first kappa shape index (κ1) is 16.6. The second-order valence-electron chi connectivity index (χ2n) is 6.55. The van der Waals surface area contributed by atoms with E-state index in [0.717, 1.165) is 49.4 Å². The molecule has 0 atom stereocenters. The van der Waals surface area contributed by atoms with Crippen LogP contribution in [0.5, 0.6) is 5.75 Å². The van der Waals surface area contributed by atoms with E-state index in [1.807, 2.05) is 12.1 Å². The number of aromatic nitrogens is 4. The Morgan fingerprint density at radius 1 is 1.15 bits per heavy atom. The number of rotatable bonds is 5. The number of hydrogen-bond donors (Lipinski definition) is 1. The van der Waals surface area contributed by atoms with E-state index in [9.17, 15) is 0 Å². The fourth-order valence-electron chi connectivity index (χ4n) is 3.51. The van der Waals surface area contributed by atoms with Crippen molar-refractivity contribution in [3.63, 3.8) is 0 Å². The van der Waals surface area contributed by atoms with Gasteiger partial charge >= 0.3 is 0 Å². The lowest BCUT2D eigenvalue weighted by molar-refractivity contribution is 0.203. The second-order valence-corrected chi connectivity index (χ2v) is 6.55. The van der Waals surface area contributed by atoms with Crippen molar-refractivity contribution >= 4 is 11.2 Å². The van der Waals surface area contributed by atoms with Gasteiger partial charge in [-0.05, 0) is 43.6 Å². The van der Waals surface area contributed by atoms with Gasteiger partial charge in [0.2, 0.25) is 0 Å². The van der Waals surface area contributed by atoms with Gasteiger partial charge < -0.3 is 4.74 Å². The standard InChI is InChI=1S/C20H21N5O/c1-2-13-26-17-5-3-15(4-6-17)14-25-11-7-16(8-12-25)18-19-20(24-23-18)22-10-9-21-19/h1,3-6,9-10,16H,7-8,11-14H2,(H,22,23,24). The van der Waals surface area contributed by atoms with Crippen LogP contribution in [0.4, 0.5) is 0 Å². The molecular weight excluding hydrogens is 326 g/mol. The summed E-state index contributed by atoms with van der Waals surface area (Å²) in [7, 11) is 0. The summed E-state index contributed by atoms with van der Waals surface area (Å²) in [6, 6.07) is 8.18. The van der Waals surface area contributed by atoms with Crippen LogP contribution in [0.15, 0.2) is 36.7 Å². The van der Waals surface area contributed by atoms with Crippen molar-refractivity contribution < 1.29 is 4.74 Å². The number of H-pyrrole nitrogens is 1. The normalized spacial score (nSPS) is 15.8. The van der Waals surface area contributed by atoms with Gasteiger partial charge in [0.05, 0.1) is 5.69 Å². The summed E-state index contributed by atoms with van der Waals surface area (Å²) in [6.45, 7) is 3.37. The molecule has 0 bridgehead atoms. The van der Waals surface area contributed by atoms with Gasteiger partial charge in [0, 0.05) is 24.9 Å². The third kappa shape index (κ3) is 3.53. The van der Waals surface area contributed by atoms with Gasteiger partial charge in [0.1, 0.15) is 17.9 Å². The summed E-state index contributed by atoms with van der Waals surface area (Å²) >= 11 is 0. The van der Waals surface area contributed by atoms with Gasteiger partial charge in [-0.1, -0.05) is 18.1 Å². The van der Waals surface area contributed by atoms with Crippen molar-refractivity contribution in [3.8, 4) is 18.1 Å². The van der Waals surface area contributed by atoms with Gasteiger partial charge in [0.25, 0.3) is 0 Å². The molecule has 1 saturated heterocycles. The molecule has 1 aliphatic rings. The molecule has 0 radical (unpaired) electrons. The third-order valence-electron chi connectivity index (χ3n) is 4.86. The topological polar surface area (TPSA) is 66.9 Å². The first-order valence-corrected chi connectivity index (χ1v) is 8.86. The molecule has 3 aromatic rings. The largest absolute Gasteiger partial charge is 0.481 e. The zero-order valence-electron chi connectivity index (χ0n) is 14.6. The average Bonchev–Trinajstić information content (AvgIpc) is 3.12. The number of terminal acetylenes is 1. The quantitative estimate of drug-likeness (QED) is 0.719. The number of hydrogen-bond acceptors (Lipinski definition) is 5. The molecule has 0 spiro atoms. The van der Waals surface area contributed by atoms with E-state index in [1.165, 1.54) is 5.56 Å². The van der Waals surface area contributed by atoms with E-state index in [0.29, 0.717) is 18.2 Å². The highest BCUT2D eigenvalue weighted by molar-refractivity contribution is 5.72. The van der Waals surface area contributed by atoms with E-state index in [1.54, 1.807) is 12.4 Å². The summed E-state index contributed by atoms with van der Waals surface area (Å²) in [4.78, 5) is 11.2. The molecule has 3 heterocycles. The highest BCUT2D eigenvalue weighted by Crippen LogP contribution is 2.30. The Bertz CT molecular complexity index is 904. The second kappa shape index (κ2) is 7.54. The van der Waals surface area contributed by atoms with E-state index < -0.39 is 0 Å². The Hall–Kier alpha value is -2.91. The first-order valence-electron chi connectivity index (χ1n) is 8.86. The smallest absolute Gasteiger partial charge is 0.199 e. The van der Waals surface area contributed by atoms with Crippen molar-refractivity contribution in [2.24, 2.45) is 0 Å².